The van der Waals surface area contributed by atoms with Gasteiger partial charge >= 0.3 is 0 Å². The highest BCUT2D eigenvalue weighted by atomic mass is 32.2. The Morgan fingerprint density at radius 1 is 1.08 bits per heavy atom. The normalized spacial score (nSPS) is 11.8. The van der Waals surface area contributed by atoms with Gasteiger partial charge in [-0.1, -0.05) is 36.8 Å². The molecule has 0 unspecified atom stereocenters. The third kappa shape index (κ3) is 5.60. The Kier molecular flexibility index (Phi) is 7.19. The maximum absolute atomic E-state index is 12.2. The molecule has 0 saturated heterocycles. The first-order valence-electron chi connectivity index (χ1n) is 8.34. The Hall–Kier alpha value is -1.94. The first kappa shape index (κ1) is 18.4. The van der Waals surface area contributed by atoms with Gasteiger partial charge in [-0.2, -0.15) is 0 Å². The van der Waals surface area contributed by atoms with Crippen molar-refractivity contribution < 1.29 is 9.53 Å². The zero-order chi connectivity index (χ0) is 17.4. The third-order valence-corrected chi connectivity index (χ3v) is 4.74. The molecule has 4 heteroatoms. The van der Waals surface area contributed by atoms with Crippen molar-refractivity contribution in [3.63, 3.8) is 0 Å². The zero-order valence-electron chi connectivity index (χ0n) is 14.5. The molecule has 0 spiro atoms. The van der Waals surface area contributed by atoms with E-state index in [1.165, 1.54) is 17.3 Å². The molecule has 0 aliphatic rings. The van der Waals surface area contributed by atoms with Gasteiger partial charge in [0.1, 0.15) is 5.75 Å². The minimum atomic E-state index is 0.0568. The summed E-state index contributed by atoms with van der Waals surface area (Å²) in [5.41, 5.74) is 2.38. The molecule has 24 heavy (non-hydrogen) atoms. The second-order valence-corrected chi connectivity index (χ2v) is 6.68. The van der Waals surface area contributed by atoms with Crippen molar-refractivity contribution in [2.24, 2.45) is 0 Å². The summed E-state index contributed by atoms with van der Waals surface area (Å²) in [4.78, 5) is 13.3. The first-order chi connectivity index (χ1) is 11.6. The second-order valence-electron chi connectivity index (χ2n) is 5.63. The highest BCUT2D eigenvalue weighted by molar-refractivity contribution is 8.00. The fraction of sp³-hybridized carbons (Fsp3) is 0.350. The summed E-state index contributed by atoms with van der Waals surface area (Å²) in [5.74, 6) is 1.33. The number of ether oxygens (including phenoxy) is 1. The molecule has 128 valence electrons. The molecule has 1 N–H and O–H groups in total. The first-order valence-corrected chi connectivity index (χ1v) is 9.32. The van der Waals surface area contributed by atoms with Crippen molar-refractivity contribution in [1.82, 2.24) is 5.32 Å². The lowest BCUT2D eigenvalue weighted by Crippen LogP contribution is -2.29. The van der Waals surface area contributed by atoms with Crippen molar-refractivity contribution in [2.75, 3.05) is 12.4 Å². The molecular weight excluding hydrogens is 318 g/mol. The third-order valence-electron chi connectivity index (χ3n) is 3.73. The molecule has 0 saturated carbocycles. The van der Waals surface area contributed by atoms with Crippen molar-refractivity contribution in [2.45, 2.75) is 38.1 Å². The quantitative estimate of drug-likeness (QED) is 0.703. The van der Waals surface area contributed by atoms with Gasteiger partial charge in [0.05, 0.1) is 18.4 Å². The average Bonchev–Trinajstić information content (AvgIpc) is 2.60. The Labute approximate surface area is 148 Å². The molecule has 0 aromatic heterocycles. The Morgan fingerprint density at radius 2 is 1.75 bits per heavy atom. The topological polar surface area (TPSA) is 38.3 Å². The molecule has 2 rings (SSSR count). The van der Waals surface area contributed by atoms with Crippen LogP contribution in [0, 0.1) is 6.92 Å². The van der Waals surface area contributed by atoms with Crippen LogP contribution in [0.4, 0.5) is 0 Å². The number of carbonyl (C=O) groups excluding carboxylic acids is 1. The number of thioether (sulfide) groups is 1. The number of amides is 1. The van der Waals surface area contributed by atoms with Gasteiger partial charge in [-0.25, -0.2) is 0 Å². The van der Waals surface area contributed by atoms with Crippen LogP contribution in [0.5, 0.6) is 5.75 Å². The van der Waals surface area contributed by atoms with Crippen LogP contribution in [0.1, 0.15) is 37.4 Å². The molecule has 0 bridgehead atoms. The summed E-state index contributed by atoms with van der Waals surface area (Å²) in [6.07, 6.45) is 0.878. The van der Waals surface area contributed by atoms with Gasteiger partial charge in [0.15, 0.2) is 0 Å². The van der Waals surface area contributed by atoms with E-state index >= 15 is 0 Å². The maximum Gasteiger partial charge on any atom is 0.230 e. The lowest BCUT2D eigenvalue weighted by Gasteiger charge is -2.17. The van der Waals surface area contributed by atoms with Gasteiger partial charge in [-0.15, -0.1) is 11.8 Å². The monoisotopic (exact) mass is 343 g/mol. The van der Waals surface area contributed by atoms with E-state index in [9.17, 15) is 4.79 Å². The number of carbonyl (C=O) groups is 1. The summed E-state index contributed by atoms with van der Waals surface area (Å²) < 4.78 is 5.42. The van der Waals surface area contributed by atoms with Crippen molar-refractivity contribution in [1.29, 1.82) is 0 Å². The van der Waals surface area contributed by atoms with Crippen LogP contribution >= 0.6 is 11.8 Å². The van der Waals surface area contributed by atoms with E-state index in [-0.39, 0.29) is 11.9 Å². The van der Waals surface area contributed by atoms with Gasteiger partial charge in [0.25, 0.3) is 0 Å². The van der Waals surface area contributed by atoms with E-state index in [2.05, 4.69) is 43.4 Å². The fourth-order valence-corrected chi connectivity index (χ4v) is 3.11. The smallest absolute Gasteiger partial charge is 0.230 e. The van der Waals surface area contributed by atoms with E-state index in [0.29, 0.717) is 12.4 Å². The van der Waals surface area contributed by atoms with Crippen molar-refractivity contribution >= 4 is 17.7 Å². The van der Waals surface area contributed by atoms with Gasteiger partial charge in [-0.3, -0.25) is 4.79 Å². The van der Waals surface area contributed by atoms with Gasteiger partial charge < -0.3 is 10.1 Å². The lowest BCUT2D eigenvalue weighted by molar-refractivity contribution is -0.119. The number of hydrogen-bond donors (Lipinski definition) is 1. The van der Waals surface area contributed by atoms with Crippen LogP contribution in [-0.2, 0) is 4.79 Å². The van der Waals surface area contributed by atoms with Crippen LogP contribution in [0.2, 0.25) is 0 Å². The molecule has 0 radical (unpaired) electrons. The second kappa shape index (κ2) is 9.38. The van der Waals surface area contributed by atoms with Crippen LogP contribution in [-0.4, -0.2) is 18.3 Å². The van der Waals surface area contributed by atoms with E-state index in [1.807, 2.05) is 31.2 Å². The standard InChI is InChI=1S/C20H25NO2S/c1-4-19(16-8-6-15(3)7-9-16)21-20(22)14-24-18-12-10-17(11-13-18)23-5-2/h6-13,19H,4-5,14H2,1-3H3,(H,21,22)/t19-/m1/s1. The number of nitrogens with one attached hydrogen (secondary N) is 1. The lowest BCUT2D eigenvalue weighted by atomic mass is 10.0. The van der Waals surface area contributed by atoms with Crippen LogP contribution in [0.15, 0.2) is 53.4 Å². The van der Waals surface area contributed by atoms with Gasteiger partial charge in [0.2, 0.25) is 5.91 Å². The van der Waals surface area contributed by atoms with Crippen LogP contribution < -0.4 is 10.1 Å². The highest BCUT2D eigenvalue weighted by Crippen LogP contribution is 2.22. The molecule has 0 aliphatic carbocycles. The Bertz CT molecular complexity index is 638. The summed E-state index contributed by atoms with van der Waals surface area (Å²) in [7, 11) is 0. The fourth-order valence-electron chi connectivity index (χ4n) is 2.40. The molecule has 2 aromatic rings. The summed E-state index contributed by atoms with van der Waals surface area (Å²) in [5, 5.41) is 3.12. The molecule has 3 nitrogen and oxygen atoms in total. The van der Waals surface area contributed by atoms with E-state index in [1.54, 1.807) is 0 Å². The molecule has 0 fully saturated rings. The number of benzene rings is 2. The minimum absolute atomic E-state index is 0.0568. The Morgan fingerprint density at radius 3 is 2.33 bits per heavy atom. The van der Waals surface area contributed by atoms with Crippen molar-refractivity contribution in [3.05, 3.63) is 59.7 Å². The molecule has 1 atom stereocenters. The summed E-state index contributed by atoms with van der Waals surface area (Å²) >= 11 is 1.54. The predicted molar refractivity (Wildman–Crippen MR) is 101 cm³/mol. The van der Waals surface area contributed by atoms with E-state index < -0.39 is 0 Å². The number of rotatable bonds is 8. The number of aryl methyl sites for hydroxylation is 1. The molecule has 1 amide bonds. The highest BCUT2D eigenvalue weighted by Gasteiger charge is 2.12. The van der Waals surface area contributed by atoms with Gasteiger partial charge in [0, 0.05) is 4.90 Å². The average molecular weight is 343 g/mol. The SMILES string of the molecule is CCOc1ccc(SCC(=O)N[C@H](CC)c2ccc(C)cc2)cc1. The minimum Gasteiger partial charge on any atom is -0.494 e. The molecule has 0 heterocycles. The Balaban J connectivity index is 1.86. The largest absolute Gasteiger partial charge is 0.494 e. The molecular formula is C20H25NO2S. The summed E-state index contributed by atoms with van der Waals surface area (Å²) in [6, 6.07) is 16.2. The predicted octanol–water partition coefficient (Wildman–Crippen LogP) is 4.75. The maximum atomic E-state index is 12.2. The van der Waals surface area contributed by atoms with E-state index in [0.717, 1.165) is 22.6 Å². The van der Waals surface area contributed by atoms with Crippen LogP contribution in [0.3, 0.4) is 0 Å². The van der Waals surface area contributed by atoms with Gasteiger partial charge in [-0.05, 0) is 50.1 Å². The summed E-state index contributed by atoms with van der Waals surface area (Å²) in [6.45, 7) is 6.78. The zero-order valence-corrected chi connectivity index (χ0v) is 15.4. The van der Waals surface area contributed by atoms with E-state index in [4.69, 9.17) is 4.74 Å². The molecule has 0 aliphatic heterocycles. The van der Waals surface area contributed by atoms with Crippen LogP contribution in [0.25, 0.3) is 0 Å². The van der Waals surface area contributed by atoms with Crippen molar-refractivity contribution in [3.8, 4) is 5.75 Å². The number of hydrogen-bond acceptors (Lipinski definition) is 3. The molecule has 2 aromatic carbocycles.